The Morgan fingerprint density at radius 3 is 2.73 bits per heavy atom. The van der Waals surface area contributed by atoms with Gasteiger partial charge in [0.25, 0.3) is 0 Å². The number of rotatable bonds is 4. The van der Waals surface area contributed by atoms with E-state index in [4.69, 9.17) is 4.98 Å². The quantitative estimate of drug-likeness (QED) is 0.488. The largest absolute Gasteiger partial charge is 0.381 e. The topological polar surface area (TPSA) is 77.1 Å². The second-order valence-corrected chi connectivity index (χ2v) is 8.66. The monoisotopic (exact) mass is 407 g/mol. The number of hydrogen-bond donors (Lipinski definition) is 0. The molecule has 30 heavy (non-hydrogen) atoms. The lowest BCUT2D eigenvalue weighted by molar-refractivity contribution is -0.389. The van der Waals surface area contributed by atoms with Crippen molar-refractivity contribution in [3.63, 3.8) is 0 Å². The van der Waals surface area contributed by atoms with E-state index in [0.29, 0.717) is 0 Å². The molecule has 2 aromatic heterocycles. The van der Waals surface area contributed by atoms with Gasteiger partial charge in [-0.3, -0.25) is 9.88 Å². The minimum Gasteiger partial charge on any atom is -0.358 e. The van der Waals surface area contributed by atoms with E-state index >= 15 is 0 Å². The fraction of sp³-hybridized carbons (Fsp3) is 0.364. The first-order valence-corrected chi connectivity index (χ1v) is 10.1. The number of aromatic nitrogens is 3. The van der Waals surface area contributed by atoms with Crippen LogP contribution in [-0.2, 0) is 25.9 Å². The van der Waals surface area contributed by atoms with Gasteiger partial charge < -0.3 is 14.7 Å². The lowest BCUT2D eigenvalue weighted by Gasteiger charge is -2.34. The molecular weight excluding hydrogens is 385 g/mol. The molecule has 0 saturated heterocycles. The summed E-state index contributed by atoms with van der Waals surface area (Å²) in [6.07, 6.45) is 3.16. The molecule has 8 heteroatoms. The van der Waals surface area contributed by atoms with Crippen LogP contribution >= 0.6 is 0 Å². The maximum Gasteiger partial charge on any atom is 0.381 e. The van der Waals surface area contributed by atoms with Crippen molar-refractivity contribution in [2.45, 2.75) is 32.9 Å². The molecule has 0 radical (unpaired) electrons. The van der Waals surface area contributed by atoms with Gasteiger partial charge in [-0.05, 0) is 45.8 Å². The highest BCUT2D eigenvalue weighted by molar-refractivity contribution is 5.59. The van der Waals surface area contributed by atoms with Gasteiger partial charge in [0.05, 0.1) is 5.69 Å². The van der Waals surface area contributed by atoms with Gasteiger partial charge in [-0.25, -0.2) is 4.39 Å². The first-order valence-electron chi connectivity index (χ1n) is 10.1. The number of hydrogen-bond acceptors (Lipinski definition) is 5. The van der Waals surface area contributed by atoms with E-state index in [2.05, 4.69) is 22.9 Å². The van der Waals surface area contributed by atoms with Crippen molar-refractivity contribution in [2.75, 3.05) is 13.1 Å². The van der Waals surface area contributed by atoms with Crippen molar-refractivity contribution in [1.82, 2.24) is 19.4 Å². The number of pyridine rings is 1. The van der Waals surface area contributed by atoms with Crippen LogP contribution in [-0.4, -0.2) is 37.4 Å². The molecule has 2 aliphatic heterocycles. The average molecular weight is 407 g/mol. The van der Waals surface area contributed by atoms with Crippen LogP contribution in [0.2, 0.25) is 0 Å². The Labute approximate surface area is 173 Å². The van der Waals surface area contributed by atoms with Crippen LogP contribution in [0.25, 0.3) is 11.3 Å². The normalized spacial score (nSPS) is 20.7. The molecule has 1 aromatic carbocycles. The van der Waals surface area contributed by atoms with Crippen LogP contribution in [0.3, 0.4) is 0 Å². The first kappa shape index (κ1) is 18.9. The van der Waals surface area contributed by atoms with Gasteiger partial charge in [-0.1, -0.05) is 13.0 Å². The van der Waals surface area contributed by atoms with Gasteiger partial charge in [-0.15, -0.1) is 0 Å². The molecule has 7 nitrogen and oxygen atoms in total. The number of benzene rings is 1. The van der Waals surface area contributed by atoms with Crippen molar-refractivity contribution < 1.29 is 9.31 Å². The zero-order valence-corrected chi connectivity index (χ0v) is 16.7. The average Bonchev–Trinajstić information content (AvgIpc) is 3.23. The summed E-state index contributed by atoms with van der Waals surface area (Å²) in [6, 6.07) is 10.6. The number of halogens is 1. The maximum atomic E-state index is 13.2. The predicted octanol–water partition coefficient (Wildman–Crippen LogP) is 3.61. The van der Waals surface area contributed by atoms with Gasteiger partial charge in [0, 0.05) is 55.7 Å². The van der Waals surface area contributed by atoms with Crippen LogP contribution in [0.5, 0.6) is 0 Å². The summed E-state index contributed by atoms with van der Waals surface area (Å²) in [7, 11) is 0. The SMILES string of the molecule is C[C@@]1(CN2CCc3nc(-c4ccc(F)cc4)ccc3C2)Cc2nc([N+](=O)[O-])cn2C1. The Bertz CT molecular complexity index is 1100. The summed E-state index contributed by atoms with van der Waals surface area (Å²) in [5, 5.41) is 10.9. The number of nitrogens with zero attached hydrogens (tertiary/aromatic N) is 5. The highest BCUT2D eigenvalue weighted by atomic mass is 19.1. The van der Waals surface area contributed by atoms with E-state index < -0.39 is 4.92 Å². The summed E-state index contributed by atoms with van der Waals surface area (Å²) >= 11 is 0. The molecule has 2 aliphatic rings. The van der Waals surface area contributed by atoms with Crippen LogP contribution in [0.15, 0.2) is 42.6 Å². The summed E-state index contributed by atoms with van der Waals surface area (Å²) < 4.78 is 15.1. The van der Waals surface area contributed by atoms with Crippen molar-refractivity contribution >= 4 is 5.82 Å². The van der Waals surface area contributed by atoms with Crippen LogP contribution in [0.4, 0.5) is 10.2 Å². The van der Waals surface area contributed by atoms with Gasteiger partial charge >= 0.3 is 5.82 Å². The molecule has 4 heterocycles. The van der Waals surface area contributed by atoms with Gasteiger partial charge in [0.2, 0.25) is 5.82 Å². The van der Waals surface area contributed by atoms with Gasteiger partial charge in [-0.2, -0.15) is 0 Å². The smallest absolute Gasteiger partial charge is 0.358 e. The molecule has 0 saturated carbocycles. The summed E-state index contributed by atoms with van der Waals surface area (Å²) in [5.41, 5.74) is 4.13. The van der Waals surface area contributed by atoms with Gasteiger partial charge in [0.15, 0.2) is 0 Å². The lowest BCUT2D eigenvalue weighted by atomic mass is 9.87. The summed E-state index contributed by atoms with van der Waals surface area (Å²) in [5.74, 6) is 0.485. The standard InChI is InChI=1S/C22H22FN5O2/c1-22(10-20-25-21(28(29)30)12-27(20)14-22)13-26-9-8-19-16(11-26)4-7-18(24-19)15-2-5-17(23)6-3-15/h2-7,12H,8-11,13-14H2,1H3/t22-/m0/s1. The van der Waals surface area contributed by atoms with Crippen LogP contribution in [0.1, 0.15) is 24.0 Å². The second-order valence-electron chi connectivity index (χ2n) is 8.66. The Hall–Kier alpha value is -3.13. The van der Waals surface area contributed by atoms with Crippen molar-refractivity contribution in [3.8, 4) is 11.3 Å². The summed E-state index contributed by atoms with van der Waals surface area (Å²) in [6.45, 7) is 5.63. The molecule has 0 bridgehead atoms. The lowest BCUT2D eigenvalue weighted by Crippen LogP contribution is -2.40. The van der Waals surface area contributed by atoms with Crippen LogP contribution < -0.4 is 0 Å². The van der Waals surface area contributed by atoms with Crippen molar-refractivity contribution in [3.05, 3.63) is 75.6 Å². The highest BCUT2D eigenvalue weighted by Crippen LogP contribution is 2.35. The fourth-order valence-electron chi connectivity index (χ4n) is 4.69. The van der Waals surface area contributed by atoms with E-state index in [-0.39, 0.29) is 17.1 Å². The third kappa shape index (κ3) is 3.47. The van der Waals surface area contributed by atoms with E-state index in [1.807, 2.05) is 10.6 Å². The predicted molar refractivity (Wildman–Crippen MR) is 109 cm³/mol. The fourth-order valence-corrected chi connectivity index (χ4v) is 4.69. The third-order valence-corrected chi connectivity index (χ3v) is 6.04. The Morgan fingerprint density at radius 2 is 2.00 bits per heavy atom. The molecule has 0 aliphatic carbocycles. The number of nitro groups is 1. The van der Waals surface area contributed by atoms with E-state index in [1.54, 1.807) is 18.3 Å². The molecule has 0 spiro atoms. The number of imidazole rings is 1. The van der Waals surface area contributed by atoms with E-state index in [9.17, 15) is 14.5 Å². The Morgan fingerprint density at radius 1 is 1.20 bits per heavy atom. The summed E-state index contributed by atoms with van der Waals surface area (Å²) in [4.78, 5) is 21.9. The third-order valence-electron chi connectivity index (χ3n) is 6.04. The van der Waals surface area contributed by atoms with Crippen LogP contribution in [0, 0.1) is 21.3 Å². The molecule has 0 amide bonds. The van der Waals surface area contributed by atoms with E-state index in [1.165, 1.54) is 17.7 Å². The minimum absolute atomic E-state index is 0.0104. The molecule has 1 atom stereocenters. The maximum absolute atomic E-state index is 13.2. The molecule has 154 valence electrons. The van der Waals surface area contributed by atoms with Gasteiger partial charge in [0.1, 0.15) is 12.0 Å². The van der Waals surface area contributed by atoms with Crippen molar-refractivity contribution in [2.24, 2.45) is 5.41 Å². The molecular formula is C22H22FN5O2. The highest BCUT2D eigenvalue weighted by Gasteiger charge is 2.40. The minimum atomic E-state index is -0.433. The molecule has 3 aromatic rings. The number of fused-ring (bicyclic) bond motifs is 2. The second kappa shape index (κ2) is 6.98. The van der Waals surface area contributed by atoms with E-state index in [0.717, 1.165) is 61.8 Å². The molecule has 0 N–H and O–H groups in total. The zero-order valence-electron chi connectivity index (χ0n) is 16.7. The van der Waals surface area contributed by atoms with Crippen molar-refractivity contribution in [1.29, 1.82) is 0 Å². The first-order chi connectivity index (χ1) is 14.4. The Balaban J connectivity index is 1.27. The molecule has 0 fully saturated rings. The molecule has 5 rings (SSSR count). The Kier molecular flexibility index (Phi) is 4.39. The molecule has 0 unspecified atom stereocenters. The zero-order chi connectivity index (χ0) is 20.9.